The zero-order valence-electron chi connectivity index (χ0n) is 14.4. The van der Waals surface area contributed by atoms with Crippen LogP contribution >= 0.6 is 0 Å². The third-order valence-electron chi connectivity index (χ3n) is 5.54. The van der Waals surface area contributed by atoms with Crippen molar-refractivity contribution in [3.63, 3.8) is 0 Å². The molecule has 3 aliphatic rings. The van der Waals surface area contributed by atoms with Crippen LogP contribution in [0.5, 0.6) is 11.5 Å². The second kappa shape index (κ2) is 5.42. The summed E-state index contributed by atoms with van der Waals surface area (Å²) in [6.07, 6.45) is 6.92. The molecule has 0 aromatic heterocycles. The molecule has 1 aromatic rings. The highest BCUT2D eigenvalue weighted by Gasteiger charge is 2.57. The first-order valence-electron chi connectivity index (χ1n) is 8.32. The van der Waals surface area contributed by atoms with Gasteiger partial charge in [0.2, 0.25) is 0 Å². The topological polar surface area (TPSA) is 39.7 Å². The van der Waals surface area contributed by atoms with E-state index in [0.717, 1.165) is 30.2 Å². The molecular formula is C20H23NO3. The van der Waals surface area contributed by atoms with Crippen LogP contribution in [0.3, 0.4) is 0 Å². The number of benzene rings is 1. The first-order chi connectivity index (χ1) is 11.6. The van der Waals surface area contributed by atoms with Crippen molar-refractivity contribution in [2.75, 3.05) is 20.8 Å². The van der Waals surface area contributed by atoms with Gasteiger partial charge in [0.15, 0.2) is 17.6 Å². The Morgan fingerprint density at radius 3 is 2.88 bits per heavy atom. The van der Waals surface area contributed by atoms with Crippen molar-refractivity contribution in [2.24, 2.45) is 0 Å². The number of allylic oxidation sites excluding steroid dienone is 2. The number of methoxy groups -OCH3 is 2. The molecule has 24 heavy (non-hydrogen) atoms. The minimum absolute atomic E-state index is 0.152. The van der Waals surface area contributed by atoms with Gasteiger partial charge in [-0.1, -0.05) is 18.2 Å². The van der Waals surface area contributed by atoms with Crippen LogP contribution in [0, 0.1) is 0 Å². The normalized spacial score (nSPS) is 29.1. The molecule has 126 valence electrons. The zero-order chi connectivity index (χ0) is 16.9. The Bertz CT molecular complexity index is 764. The van der Waals surface area contributed by atoms with Gasteiger partial charge in [-0.2, -0.15) is 0 Å². The molecule has 0 radical (unpaired) electrons. The van der Waals surface area contributed by atoms with E-state index in [-0.39, 0.29) is 17.6 Å². The summed E-state index contributed by atoms with van der Waals surface area (Å²) in [7, 11) is 3.39. The highest BCUT2D eigenvalue weighted by molar-refractivity contribution is 5.66. The van der Waals surface area contributed by atoms with Crippen molar-refractivity contribution in [1.82, 2.24) is 5.32 Å². The van der Waals surface area contributed by atoms with Crippen molar-refractivity contribution >= 4 is 0 Å². The quantitative estimate of drug-likeness (QED) is 0.845. The van der Waals surface area contributed by atoms with Crippen LogP contribution in [0.25, 0.3) is 0 Å². The Balaban J connectivity index is 1.92. The Hall–Kier alpha value is -2.20. The predicted molar refractivity (Wildman–Crippen MR) is 93.6 cm³/mol. The molecule has 4 heteroatoms. The van der Waals surface area contributed by atoms with E-state index in [1.807, 2.05) is 18.2 Å². The zero-order valence-corrected chi connectivity index (χ0v) is 14.4. The van der Waals surface area contributed by atoms with E-state index in [1.54, 1.807) is 14.2 Å². The van der Waals surface area contributed by atoms with Gasteiger partial charge in [-0.25, -0.2) is 0 Å². The van der Waals surface area contributed by atoms with Crippen LogP contribution in [0.4, 0.5) is 0 Å². The third kappa shape index (κ3) is 1.83. The van der Waals surface area contributed by atoms with Gasteiger partial charge < -0.3 is 19.5 Å². The number of ether oxygens (including phenoxy) is 3. The predicted octanol–water partition coefficient (Wildman–Crippen LogP) is 2.88. The molecule has 1 aromatic carbocycles. The highest BCUT2D eigenvalue weighted by atomic mass is 16.6. The van der Waals surface area contributed by atoms with Gasteiger partial charge in [-0.3, -0.25) is 0 Å². The summed E-state index contributed by atoms with van der Waals surface area (Å²) in [5.74, 6) is 2.51. The van der Waals surface area contributed by atoms with E-state index in [1.165, 1.54) is 16.7 Å². The molecule has 4 nitrogen and oxygen atoms in total. The Kier molecular flexibility index (Phi) is 3.46. The maximum absolute atomic E-state index is 6.38. The van der Waals surface area contributed by atoms with E-state index >= 15 is 0 Å². The minimum Gasteiger partial charge on any atom is -0.497 e. The van der Waals surface area contributed by atoms with Crippen molar-refractivity contribution < 1.29 is 14.2 Å². The van der Waals surface area contributed by atoms with Crippen LogP contribution in [0.15, 0.2) is 48.3 Å². The van der Waals surface area contributed by atoms with Gasteiger partial charge in [0, 0.05) is 18.2 Å². The molecule has 0 amide bonds. The van der Waals surface area contributed by atoms with Crippen LogP contribution in [-0.2, 0) is 16.6 Å². The van der Waals surface area contributed by atoms with Crippen LogP contribution < -0.4 is 14.8 Å². The molecule has 1 N–H and O–H groups in total. The summed E-state index contributed by atoms with van der Waals surface area (Å²) in [5, 5.41) is 3.60. The smallest absolute Gasteiger partial charge is 0.169 e. The number of hydrogen-bond acceptors (Lipinski definition) is 4. The van der Waals surface area contributed by atoms with Crippen molar-refractivity contribution in [3.05, 3.63) is 59.4 Å². The van der Waals surface area contributed by atoms with Gasteiger partial charge in [-0.15, -0.1) is 6.58 Å². The van der Waals surface area contributed by atoms with E-state index < -0.39 is 0 Å². The number of hydrogen-bond donors (Lipinski definition) is 1. The van der Waals surface area contributed by atoms with Crippen molar-refractivity contribution in [3.8, 4) is 11.5 Å². The lowest BCUT2D eigenvalue weighted by molar-refractivity contribution is 0.118. The summed E-state index contributed by atoms with van der Waals surface area (Å²) < 4.78 is 17.5. The molecule has 4 rings (SSSR count). The molecule has 2 aliphatic carbocycles. The number of nitrogens with one attached hydrogen (secondary N) is 1. The fraction of sp³-hybridized carbons (Fsp3) is 0.400. The average Bonchev–Trinajstić information content (AvgIpc) is 2.92. The van der Waals surface area contributed by atoms with Gasteiger partial charge >= 0.3 is 0 Å². The Labute approximate surface area is 142 Å². The molecule has 0 bridgehead atoms. The molecule has 1 aliphatic heterocycles. The van der Waals surface area contributed by atoms with E-state index in [4.69, 9.17) is 14.2 Å². The molecule has 1 heterocycles. The van der Waals surface area contributed by atoms with Gasteiger partial charge in [0.25, 0.3) is 0 Å². The maximum atomic E-state index is 6.38. The Morgan fingerprint density at radius 2 is 2.17 bits per heavy atom. The minimum atomic E-state index is -0.240. The van der Waals surface area contributed by atoms with Crippen LogP contribution in [0.2, 0.25) is 0 Å². The lowest BCUT2D eigenvalue weighted by atomic mass is 9.62. The third-order valence-corrected chi connectivity index (χ3v) is 5.54. The second-order valence-electron chi connectivity index (χ2n) is 6.68. The highest BCUT2D eigenvalue weighted by Crippen LogP contribution is 2.58. The molecule has 0 fully saturated rings. The molecular weight excluding hydrogens is 302 g/mol. The SMILES string of the molecule is C=CCN[C@H]1Cc2ccc(OC)c3c2[C@@]2(C)C1=CC=C(OC)[C@H]2O3. The summed E-state index contributed by atoms with van der Waals surface area (Å²) in [6, 6.07) is 4.43. The summed E-state index contributed by atoms with van der Waals surface area (Å²) >= 11 is 0. The molecule has 0 saturated heterocycles. The monoisotopic (exact) mass is 325 g/mol. The fourth-order valence-corrected chi connectivity index (χ4v) is 4.45. The summed E-state index contributed by atoms with van der Waals surface area (Å²) in [4.78, 5) is 0. The standard InChI is InChI=1S/C20H23NO3/c1-5-10-21-14-11-12-6-8-15(22-3)18-17(12)20(2)13(14)7-9-16(23-4)19(20)24-18/h5-9,14,19,21H,1,10-11H2,2-4H3/t14-,19+,20+/m0/s1. The summed E-state index contributed by atoms with van der Waals surface area (Å²) in [6.45, 7) is 6.87. The van der Waals surface area contributed by atoms with E-state index in [2.05, 4.69) is 31.0 Å². The largest absolute Gasteiger partial charge is 0.497 e. The first kappa shape index (κ1) is 15.3. The van der Waals surface area contributed by atoms with Crippen molar-refractivity contribution in [1.29, 1.82) is 0 Å². The van der Waals surface area contributed by atoms with Gasteiger partial charge in [-0.05, 0) is 36.6 Å². The Morgan fingerprint density at radius 1 is 1.33 bits per heavy atom. The maximum Gasteiger partial charge on any atom is 0.169 e. The fourth-order valence-electron chi connectivity index (χ4n) is 4.45. The van der Waals surface area contributed by atoms with E-state index in [0.29, 0.717) is 0 Å². The number of rotatable bonds is 5. The van der Waals surface area contributed by atoms with Gasteiger partial charge in [0.05, 0.1) is 19.6 Å². The molecule has 3 atom stereocenters. The second-order valence-corrected chi connectivity index (χ2v) is 6.68. The molecule has 0 spiro atoms. The van der Waals surface area contributed by atoms with E-state index in [9.17, 15) is 0 Å². The molecule has 0 unspecified atom stereocenters. The summed E-state index contributed by atoms with van der Waals surface area (Å²) in [5.41, 5.74) is 3.66. The first-order valence-corrected chi connectivity index (χ1v) is 8.32. The lowest BCUT2D eigenvalue weighted by Crippen LogP contribution is -2.51. The van der Waals surface area contributed by atoms with Crippen LogP contribution in [0.1, 0.15) is 18.1 Å². The average molecular weight is 325 g/mol. The van der Waals surface area contributed by atoms with Crippen molar-refractivity contribution in [2.45, 2.75) is 30.9 Å². The lowest BCUT2D eigenvalue weighted by Gasteiger charge is -2.43. The molecule has 0 saturated carbocycles. The van der Waals surface area contributed by atoms with Crippen LogP contribution in [-0.4, -0.2) is 32.9 Å². The van der Waals surface area contributed by atoms with Gasteiger partial charge in [0.1, 0.15) is 5.76 Å².